The second kappa shape index (κ2) is 30.7. The van der Waals surface area contributed by atoms with Gasteiger partial charge in [0, 0.05) is 135 Å². The molecule has 0 aliphatic heterocycles. The first-order valence-electron chi connectivity index (χ1n) is 45.7. The lowest BCUT2D eigenvalue weighted by molar-refractivity contribution is 1.17. The maximum absolute atomic E-state index is 2.49. The van der Waals surface area contributed by atoms with E-state index in [9.17, 15) is 0 Å². The fourth-order valence-electron chi connectivity index (χ4n) is 22.0. The number of hydrogen-bond acceptors (Lipinski definition) is 1. The highest BCUT2D eigenvalue weighted by atomic mass is 32.1. The molecule has 0 unspecified atom stereocenters. The third kappa shape index (κ3) is 11.9. The van der Waals surface area contributed by atoms with Crippen LogP contribution in [0.3, 0.4) is 0 Å². The van der Waals surface area contributed by atoms with Crippen molar-refractivity contribution in [3.8, 4) is 67.5 Å². The third-order valence-electron chi connectivity index (χ3n) is 27.7. The number of benzene rings is 22. The van der Waals surface area contributed by atoms with Crippen LogP contribution in [0.4, 0.5) is 0 Å². The van der Waals surface area contributed by atoms with Crippen LogP contribution in [0.25, 0.3) is 251 Å². The van der Waals surface area contributed by atoms with Crippen LogP contribution < -0.4 is 0 Å². The normalized spacial score (nSPS) is 11.9. The van der Waals surface area contributed by atoms with Crippen molar-refractivity contribution in [1.82, 2.24) is 27.4 Å². The monoisotopic (exact) mass is 1710 g/mol. The van der Waals surface area contributed by atoms with Gasteiger partial charge >= 0.3 is 0 Å². The molecule has 29 aromatic rings. The first-order valence-corrected chi connectivity index (χ1v) is 46.5. The Balaban J connectivity index is 0.000000102. The van der Waals surface area contributed by atoms with E-state index in [0.29, 0.717) is 0 Å². The average molecular weight is 1710 g/mol. The Morgan fingerprint density at radius 3 is 0.955 bits per heavy atom. The van der Waals surface area contributed by atoms with Gasteiger partial charge in [0.2, 0.25) is 0 Å². The van der Waals surface area contributed by atoms with Gasteiger partial charge in [-0.2, -0.15) is 0 Å². The highest BCUT2D eigenvalue weighted by Gasteiger charge is 2.28. The Morgan fingerprint density at radius 1 is 0.143 bits per heavy atom. The van der Waals surface area contributed by atoms with Crippen molar-refractivity contribution < 1.29 is 0 Å². The molecular formula is C126H80N6S. The summed E-state index contributed by atoms with van der Waals surface area (Å²) < 4.78 is 17.4. The molecule has 7 heterocycles. The van der Waals surface area contributed by atoms with E-state index in [0.717, 1.165) is 17.1 Å². The number of aromatic nitrogens is 6. The van der Waals surface area contributed by atoms with Crippen molar-refractivity contribution in [3.05, 3.63) is 485 Å². The molecule has 22 aromatic carbocycles. The molecule has 7 heteroatoms. The van der Waals surface area contributed by atoms with Crippen LogP contribution in [0, 0.1) is 0 Å². The first-order chi connectivity index (χ1) is 66.1. The van der Waals surface area contributed by atoms with E-state index in [1.165, 1.54) is 234 Å². The number of fused-ring (bicyclic) bond motifs is 30. The predicted octanol–water partition coefficient (Wildman–Crippen LogP) is 34.5. The lowest BCUT2D eigenvalue weighted by Gasteiger charge is -2.12. The summed E-state index contributed by atoms with van der Waals surface area (Å²) >= 11 is 1.89. The molecular weight excluding hydrogens is 1630 g/mol. The zero-order valence-electron chi connectivity index (χ0n) is 72.3. The molecule has 620 valence electrons. The summed E-state index contributed by atoms with van der Waals surface area (Å²) in [4.78, 5) is 0. The number of nitrogens with zero attached hydrogens (tertiary/aromatic N) is 6. The Morgan fingerprint density at radius 2 is 0.451 bits per heavy atom. The largest absolute Gasteiger partial charge is 0.309 e. The summed E-state index contributed by atoms with van der Waals surface area (Å²) in [5, 5.41) is 25.5. The van der Waals surface area contributed by atoms with Gasteiger partial charge in [-0.3, -0.25) is 0 Å². The maximum atomic E-state index is 2.49. The van der Waals surface area contributed by atoms with E-state index in [-0.39, 0.29) is 0 Å². The second-order valence-corrected chi connectivity index (χ2v) is 35.9. The summed E-state index contributed by atoms with van der Waals surface area (Å²) in [6, 6.07) is 177. The Hall–Kier alpha value is -17.4. The van der Waals surface area contributed by atoms with Gasteiger partial charge in [-0.05, 0) is 171 Å². The van der Waals surface area contributed by atoms with Crippen molar-refractivity contribution in [2.75, 3.05) is 0 Å². The minimum Gasteiger partial charge on any atom is -0.309 e. The first kappa shape index (κ1) is 75.8. The molecule has 0 aliphatic rings. The van der Waals surface area contributed by atoms with Gasteiger partial charge in [0.05, 0.1) is 66.2 Å². The molecule has 7 aromatic heterocycles. The van der Waals surface area contributed by atoms with Crippen LogP contribution in [-0.4, -0.2) is 27.4 Å². The zero-order chi connectivity index (χ0) is 87.3. The molecule has 0 bridgehead atoms. The van der Waals surface area contributed by atoms with Gasteiger partial charge in [0.1, 0.15) is 0 Å². The smallest absolute Gasteiger partial charge is 0.0641 e. The minimum absolute atomic E-state index is 1.16. The van der Waals surface area contributed by atoms with E-state index in [1.54, 1.807) is 0 Å². The highest BCUT2D eigenvalue weighted by molar-refractivity contribution is 7.26. The number of hydrogen-bond donors (Lipinski definition) is 0. The highest BCUT2D eigenvalue weighted by Crippen LogP contribution is 2.50. The third-order valence-corrected chi connectivity index (χ3v) is 28.9. The second-order valence-electron chi connectivity index (χ2n) is 34.8. The molecule has 0 N–H and O–H groups in total. The van der Waals surface area contributed by atoms with Gasteiger partial charge in [-0.1, -0.05) is 364 Å². The summed E-state index contributed by atoms with van der Waals surface area (Å²) in [7, 11) is 0. The minimum atomic E-state index is 1.16. The number of para-hydroxylation sites is 6. The standard InChI is InChI=1S/C46H28N2S.2C40H26N2/c1-2-12-31(13-3-1)47-39-19-8-6-16-37(39)43-40(47)27-28-41-44(43)38-26-23-29-11-4-5-14-33(29)45(38)48(41)32-24-21-30(22-25-32)34-17-10-18-36-35-15-7-9-20-42(35)49-46(34)36;1-3-12-27(13-4-1)29-15-11-18-31(26-29)42-37-25-24-34-33-20-9-10-21-36(33)41(30-16-5-2-6-17-30)40(34)38(37)35-23-22-28-14-7-8-19-32(28)39(35)42;1-3-11-27(12-4-1)28-19-22-31(23-20-28)42-37-26-25-34-33-17-9-10-18-36(33)41(30-14-5-2-6-15-30)40(34)38(37)35-24-21-29-13-7-8-16-32(29)39(35)42/h1-28H;2*1-26H. The van der Waals surface area contributed by atoms with Gasteiger partial charge in [0.25, 0.3) is 0 Å². The molecule has 0 saturated heterocycles. The summed E-state index contributed by atoms with van der Waals surface area (Å²) in [5.74, 6) is 0. The van der Waals surface area contributed by atoms with Crippen LogP contribution in [0.5, 0.6) is 0 Å². The lowest BCUT2D eigenvalue weighted by Crippen LogP contribution is -1.96. The quantitative estimate of drug-likeness (QED) is 0.138. The van der Waals surface area contributed by atoms with Crippen LogP contribution in [-0.2, 0) is 0 Å². The number of rotatable bonds is 9. The van der Waals surface area contributed by atoms with Crippen molar-refractivity contribution in [2.24, 2.45) is 0 Å². The molecule has 0 aliphatic carbocycles. The fraction of sp³-hybridized carbons (Fsp3) is 0. The zero-order valence-corrected chi connectivity index (χ0v) is 73.1. The Bertz CT molecular complexity index is 9730. The van der Waals surface area contributed by atoms with Crippen LogP contribution in [0.1, 0.15) is 0 Å². The summed E-state index contributed by atoms with van der Waals surface area (Å²) in [5.41, 5.74) is 29.1. The SMILES string of the molecule is c1ccc(-c2ccc(-n3c4ccc5c6ccccc6n(-c6ccccc6)c5c4c4ccc5ccccc5c43)cc2)cc1.c1ccc(-c2cccc(-n3c4ccc5c6ccccc6n(-c6ccccc6)c5c4c4ccc5ccccc5c43)c2)cc1.c1ccc(-n2c3ccccc3c3c4c5ccc6ccccc6c5n(-c5ccc(-c6cccc7c6sc6ccccc67)cc5)c4ccc32)cc1. The van der Waals surface area contributed by atoms with Crippen LogP contribution in [0.2, 0.25) is 0 Å². The van der Waals surface area contributed by atoms with E-state index in [2.05, 4.69) is 513 Å². The van der Waals surface area contributed by atoms with E-state index < -0.39 is 0 Å². The van der Waals surface area contributed by atoms with Crippen LogP contribution in [0.15, 0.2) is 485 Å². The molecule has 29 rings (SSSR count). The molecule has 0 atom stereocenters. The van der Waals surface area contributed by atoms with Gasteiger partial charge < -0.3 is 27.4 Å². The van der Waals surface area contributed by atoms with Crippen molar-refractivity contribution in [2.45, 2.75) is 0 Å². The molecule has 133 heavy (non-hydrogen) atoms. The maximum Gasteiger partial charge on any atom is 0.0641 e. The van der Waals surface area contributed by atoms with E-state index in [4.69, 9.17) is 0 Å². The van der Waals surface area contributed by atoms with Crippen molar-refractivity contribution in [1.29, 1.82) is 0 Å². The number of thiophene rings is 1. The topological polar surface area (TPSA) is 29.6 Å². The molecule has 0 radical (unpaired) electrons. The van der Waals surface area contributed by atoms with E-state index >= 15 is 0 Å². The fourth-order valence-corrected chi connectivity index (χ4v) is 23.2. The van der Waals surface area contributed by atoms with Gasteiger partial charge in [-0.15, -0.1) is 11.3 Å². The molecule has 0 fully saturated rings. The summed E-state index contributed by atoms with van der Waals surface area (Å²) in [6.45, 7) is 0. The molecule has 0 spiro atoms. The van der Waals surface area contributed by atoms with Gasteiger partial charge in [-0.25, -0.2) is 0 Å². The predicted molar refractivity (Wildman–Crippen MR) is 567 cm³/mol. The Labute approximate surface area is 769 Å². The lowest BCUT2D eigenvalue weighted by atomic mass is 10.0. The Kier molecular flexibility index (Phi) is 17.5. The van der Waals surface area contributed by atoms with Crippen molar-refractivity contribution >= 4 is 195 Å². The van der Waals surface area contributed by atoms with Crippen LogP contribution >= 0.6 is 11.3 Å². The summed E-state index contributed by atoms with van der Waals surface area (Å²) in [6.07, 6.45) is 0. The molecule has 0 amide bonds. The van der Waals surface area contributed by atoms with Gasteiger partial charge in [0.15, 0.2) is 0 Å². The molecule has 6 nitrogen and oxygen atoms in total. The van der Waals surface area contributed by atoms with E-state index in [1.807, 2.05) is 11.3 Å². The molecule has 0 saturated carbocycles. The van der Waals surface area contributed by atoms with Crippen molar-refractivity contribution in [3.63, 3.8) is 0 Å². The average Bonchev–Trinajstić information content (AvgIpc) is 1.55.